The molecular weight excluding hydrogens is 316 g/mol. The fraction of sp³-hybridized carbons (Fsp3) is 0.438. The molecule has 0 saturated carbocycles. The van der Waals surface area contributed by atoms with Crippen molar-refractivity contribution >= 4 is 29.5 Å². The second-order valence-corrected chi connectivity index (χ2v) is 8.08. The molecule has 2 unspecified atom stereocenters. The molecule has 1 aromatic rings. The highest BCUT2D eigenvalue weighted by Crippen LogP contribution is 2.50. The van der Waals surface area contributed by atoms with E-state index in [1.54, 1.807) is 0 Å². The first-order valence-electron chi connectivity index (χ1n) is 7.37. The number of carbonyl (C=O) groups excluding carboxylic acids is 2. The molecule has 1 aromatic carbocycles. The Balaban J connectivity index is 1.66. The van der Waals surface area contributed by atoms with Crippen LogP contribution in [-0.2, 0) is 20.8 Å². The third-order valence-electron chi connectivity index (χ3n) is 4.20. The first-order valence-corrected chi connectivity index (χ1v) is 8.25. The van der Waals surface area contributed by atoms with Gasteiger partial charge in [-0.3, -0.25) is 9.59 Å². The number of carbonyl (C=O) groups is 3. The van der Waals surface area contributed by atoms with Crippen molar-refractivity contribution in [2.75, 3.05) is 0 Å². The molecule has 0 spiro atoms. The van der Waals surface area contributed by atoms with Crippen LogP contribution in [0.3, 0.4) is 0 Å². The molecule has 3 atom stereocenters. The Kier molecular flexibility index (Phi) is 3.83. The van der Waals surface area contributed by atoms with Crippen molar-refractivity contribution in [3.8, 4) is 0 Å². The van der Waals surface area contributed by atoms with E-state index in [-0.39, 0.29) is 23.6 Å². The van der Waals surface area contributed by atoms with Crippen LogP contribution < -0.4 is 5.32 Å². The first-order chi connectivity index (χ1) is 10.8. The summed E-state index contributed by atoms with van der Waals surface area (Å²) in [4.78, 5) is 37.2. The fourth-order valence-electron chi connectivity index (χ4n) is 3.15. The van der Waals surface area contributed by atoms with E-state index in [0.717, 1.165) is 5.56 Å². The lowest BCUT2D eigenvalue weighted by atomic mass is 9.96. The van der Waals surface area contributed by atoms with E-state index >= 15 is 0 Å². The number of nitrogens with zero attached hydrogens (tertiary/aromatic N) is 1. The number of fused-ring (bicyclic) bond motifs is 1. The standard InChI is InChI=1S/C16H18N2O4S/c1-16(2)12(15(21)22)18-13(20)11(14(18)23-16)17-10(19)8-9-6-4-3-5-7-9/h3-7,11-12,14H,8H2,1-2H3,(H,17,19)(H,21,22)/t11-,12?,14?/m1/s1. The fourth-order valence-corrected chi connectivity index (χ4v) is 4.78. The molecule has 2 aliphatic heterocycles. The van der Waals surface area contributed by atoms with Gasteiger partial charge in [-0.05, 0) is 19.4 Å². The average Bonchev–Trinajstić information content (AvgIpc) is 2.74. The predicted molar refractivity (Wildman–Crippen MR) is 85.8 cm³/mol. The van der Waals surface area contributed by atoms with Gasteiger partial charge in [-0.25, -0.2) is 4.79 Å². The molecule has 122 valence electrons. The lowest BCUT2D eigenvalue weighted by Gasteiger charge is -2.43. The summed E-state index contributed by atoms with van der Waals surface area (Å²) in [6, 6.07) is 7.78. The summed E-state index contributed by atoms with van der Waals surface area (Å²) in [5.41, 5.74) is 0.872. The normalized spacial score (nSPS) is 28.0. The van der Waals surface area contributed by atoms with Gasteiger partial charge in [-0.15, -0.1) is 11.8 Å². The minimum Gasteiger partial charge on any atom is -0.480 e. The molecule has 0 aliphatic carbocycles. The number of carboxylic acids is 1. The highest BCUT2D eigenvalue weighted by molar-refractivity contribution is 8.01. The van der Waals surface area contributed by atoms with E-state index in [1.807, 2.05) is 44.2 Å². The number of thioether (sulfide) groups is 1. The lowest BCUT2D eigenvalue weighted by molar-refractivity contribution is -0.161. The zero-order chi connectivity index (χ0) is 16.8. The van der Waals surface area contributed by atoms with Crippen LogP contribution >= 0.6 is 11.8 Å². The van der Waals surface area contributed by atoms with Crippen LogP contribution in [-0.4, -0.2) is 50.0 Å². The number of benzene rings is 1. The molecule has 2 saturated heterocycles. The van der Waals surface area contributed by atoms with Gasteiger partial charge in [0.1, 0.15) is 17.5 Å². The zero-order valence-corrected chi connectivity index (χ0v) is 13.7. The summed E-state index contributed by atoms with van der Waals surface area (Å²) >= 11 is 1.42. The summed E-state index contributed by atoms with van der Waals surface area (Å²) in [6.07, 6.45) is 0.202. The molecule has 6 nitrogen and oxygen atoms in total. The highest BCUT2D eigenvalue weighted by Gasteiger charge is 2.64. The number of β-lactam (4-membered cyclic amide) rings is 1. The average molecular weight is 334 g/mol. The van der Waals surface area contributed by atoms with Crippen LogP contribution in [0.4, 0.5) is 0 Å². The van der Waals surface area contributed by atoms with Crippen molar-refractivity contribution < 1.29 is 19.5 Å². The van der Waals surface area contributed by atoms with Gasteiger partial charge in [0.15, 0.2) is 0 Å². The van der Waals surface area contributed by atoms with Gasteiger partial charge >= 0.3 is 5.97 Å². The molecule has 2 heterocycles. The number of nitrogens with one attached hydrogen (secondary N) is 1. The second kappa shape index (κ2) is 5.56. The van der Waals surface area contributed by atoms with E-state index in [0.29, 0.717) is 0 Å². The number of amides is 2. The third-order valence-corrected chi connectivity index (χ3v) is 5.77. The Hall–Kier alpha value is -2.02. The Labute approximate surface area is 138 Å². The number of rotatable bonds is 4. The van der Waals surface area contributed by atoms with Crippen LogP contribution in [0.1, 0.15) is 19.4 Å². The topological polar surface area (TPSA) is 86.7 Å². The van der Waals surface area contributed by atoms with Crippen LogP contribution in [0.25, 0.3) is 0 Å². The smallest absolute Gasteiger partial charge is 0.327 e. The van der Waals surface area contributed by atoms with Crippen molar-refractivity contribution in [3.05, 3.63) is 35.9 Å². The molecule has 2 amide bonds. The van der Waals surface area contributed by atoms with Gasteiger partial charge in [0.25, 0.3) is 0 Å². The van der Waals surface area contributed by atoms with Gasteiger partial charge in [-0.1, -0.05) is 30.3 Å². The Morgan fingerprint density at radius 2 is 1.96 bits per heavy atom. The van der Waals surface area contributed by atoms with Gasteiger partial charge in [0.05, 0.1) is 6.42 Å². The summed E-state index contributed by atoms with van der Waals surface area (Å²) < 4.78 is -0.578. The molecule has 7 heteroatoms. The summed E-state index contributed by atoms with van der Waals surface area (Å²) in [7, 11) is 0. The largest absolute Gasteiger partial charge is 0.480 e. The molecule has 0 bridgehead atoms. The number of aliphatic carboxylic acids is 1. The molecule has 2 N–H and O–H groups in total. The van der Waals surface area contributed by atoms with E-state index in [2.05, 4.69) is 5.32 Å². The first kappa shape index (κ1) is 15.9. The maximum absolute atomic E-state index is 12.3. The molecule has 0 radical (unpaired) electrons. The molecular formula is C16H18N2O4S. The van der Waals surface area contributed by atoms with Crippen LogP contribution in [0, 0.1) is 0 Å². The Morgan fingerprint density at radius 3 is 2.57 bits per heavy atom. The maximum atomic E-state index is 12.3. The SMILES string of the molecule is CC1(C)SC2[C@H](NC(=O)Cc3ccccc3)C(=O)N2C1C(=O)O. The van der Waals surface area contributed by atoms with Gasteiger partial charge in [0.2, 0.25) is 11.8 Å². The zero-order valence-electron chi connectivity index (χ0n) is 12.9. The number of hydrogen-bond donors (Lipinski definition) is 2. The summed E-state index contributed by atoms with van der Waals surface area (Å²) in [5.74, 6) is -1.55. The molecule has 0 aromatic heterocycles. The number of hydrogen-bond acceptors (Lipinski definition) is 4. The van der Waals surface area contributed by atoms with Crippen LogP contribution in [0.5, 0.6) is 0 Å². The number of carboxylic acid groups (broad SMARTS) is 1. The van der Waals surface area contributed by atoms with Gasteiger partial charge in [0, 0.05) is 4.75 Å². The predicted octanol–water partition coefficient (Wildman–Crippen LogP) is 0.861. The van der Waals surface area contributed by atoms with E-state index in [4.69, 9.17) is 0 Å². The minimum atomic E-state index is -1.01. The van der Waals surface area contributed by atoms with Gasteiger partial charge < -0.3 is 15.3 Å². The lowest BCUT2D eigenvalue weighted by Crippen LogP contribution is -2.70. The van der Waals surface area contributed by atoms with Crippen LogP contribution in [0.15, 0.2) is 30.3 Å². The van der Waals surface area contributed by atoms with Crippen molar-refractivity contribution in [2.24, 2.45) is 0 Å². The van der Waals surface area contributed by atoms with E-state index in [9.17, 15) is 19.5 Å². The van der Waals surface area contributed by atoms with Crippen molar-refractivity contribution in [3.63, 3.8) is 0 Å². The summed E-state index contributed by atoms with van der Waals surface area (Å²) in [5, 5.41) is 11.8. The molecule has 2 fully saturated rings. The van der Waals surface area contributed by atoms with Crippen molar-refractivity contribution in [2.45, 2.75) is 42.5 Å². The molecule has 23 heavy (non-hydrogen) atoms. The minimum absolute atomic E-state index is 0.202. The van der Waals surface area contributed by atoms with Crippen molar-refractivity contribution in [1.29, 1.82) is 0 Å². The van der Waals surface area contributed by atoms with Crippen molar-refractivity contribution in [1.82, 2.24) is 10.2 Å². The van der Waals surface area contributed by atoms with Gasteiger partial charge in [-0.2, -0.15) is 0 Å². The Morgan fingerprint density at radius 1 is 1.30 bits per heavy atom. The Bertz CT molecular complexity index is 661. The molecule has 2 aliphatic rings. The third kappa shape index (κ3) is 2.69. The van der Waals surface area contributed by atoms with Crippen LogP contribution in [0.2, 0.25) is 0 Å². The summed E-state index contributed by atoms with van der Waals surface area (Å²) in [6.45, 7) is 3.62. The van der Waals surface area contributed by atoms with E-state index in [1.165, 1.54) is 16.7 Å². The highest BCUT2D eigenvalue weighted by atomic mass is 32.2. The monoisotopic (exact) mass is 334 g/mol. The van der Waals surface area contributed by atoms with E-state index < -0.39 is 22.8 Å². The second-order valence-electron chi connectivity index (χ2n) is 6.31. The molecule has 3 rings (SSSR count). The quantitative estimate of drug-likeness (QED) is 0.798. The maximum Gasteiger partial charge on any atom is 0.327 e.